The predicted octanol–water partition coefficient (Wildman–Crippen LogP) is 1.62. The summed E-state index contributed by atoms with van der Waals surface area (Å²) in [6.07, 6.45) is -1.01. The lowest BCUT2D eigenvalue weighted by atomic mass is 10.1. The van der Waals surface area contributed by atoms with Crippen LogP contribution in [0.15, 0.2) is 47.5 Å². The van der Waals surface area contributed by atoms with Crippen LogP contribution in [-0.4, -0.2) is 52.4 Å². The average Bonchev–Trinajstić information content (AvgIpc) is 3.19. The topological polar surface area (TPSA) is 131 Å². The molecule has 1 aliphatic rings. The van der Waals surface area contributed by atoms with E-state index in [1.54, 1.807) is 25.1 Å². The second-order valence-corrected chi connectivity index (χ2v) is 6.18. The minimum absolute atomic E-state index is 0.120. The number of rotatable bonds is 6. The number of nitro benzene ring substituents is 1. The zero-order valence-corrected chi connectivity index (χ0v) is 14.9. The van der Waals surface area contributed by atoms with E-state index < -0.39 is 29.6 Å². The Hall–Kier alpha value is -3.30. The SMILES string of the molecule is Cc1c(OC(=O)c2ccc([N+](=O)[O-])cc2)cccc1C1=NC(C(O)CO)CO1. The van der Waals surface area contributed by atoms with E-state index in [1.165, 1.54) is 24.3 Å². The standard InChI is InChI=1S/C19H18N2O7/c1-11-14(18-20-15(10-27-18)16(23)9-22)3-2-4-17(11)28-19(24)12-5-7-13(8-6-12)21(25)26/h2-8,15-16,22-23H,9-10H2,1H3. The lowest BCUT2D eigenvalue weighted by Gasteiger charge is -2.11. The number of aliphatic hydroxyl groups is 2. The lowest BCUT2D eigenvalue weighted by Crippen LogP contribution is -2.28. The number of nitrogens with zero attached hydrogens (tertiary/aromatic N) is 2. The molecule has 0 saturated carbocycles. The summed E-state index contributed by atoms with van der Waals surface area (Å²) in [5.74, 6) is -0.0699. The Balaban J connectivity index is 1.80. The van der Waals surface area contributed by atoms with Crippen LogP contribution in [0.3, 0.4) is 0 Å². The second-order valence-electron chi connectivity index (χ2n) is 6.18. The van der Waals surface area contributed by atoms with Gasteiger partial charge < -0.3 is 19.7 Å². The van der Waals surface area contributed by atoms with Gasteiger partial charge in [-0.15, -0.1) is 0 Å². The maximum atomic E-state index is 12.3. The molecule has 2 unspecified atom stereocenters. The number of non-ortho nitro benzene ring substituents is 1. The first-order valence-corrected chi connectivity index (χ1v) is 8.47. The third kappa shape index (κ3) is 4.00. The molecule has 0 amide bonds. The average molecular weight is 386 g/mol. The van der Waals surface area contributed by atoms with Crippen molar-refractivity contribution in [3.05, 3.63) is 69.3 Å². The molecule has 0 bridgehead atoms. The fourth-order valence-corrected chi connectivity index (χ4v) is 2.69. The Kier molecular flexibility index (Phi) is 5.67. The summed E-state index contributed by atoms with van der Waals surface area (Å²) >= 11 is 0. The van der Waals surface area contributed by atoms with Crippen molar-refractivity contribution in [2.45, 2.75) is 19.1 Å². The van der Waals surface area contributed by atoms with E-state index in [2.05, 4.69) is 4.99 Å². The van der Waals surface area contributed by atoms with Crippen molar-refractivity contribution in [3.63, 3.8) is 0 Å². The summed E-state index contributed by atoms with van der Waals surface area (Å²) in [5.41, 5.74) is 1.26. The highest BCUT2D eigenvalue weighted by Gasteiger charge is 2.27. The van der Waals surface area contributed by atoms with E-state index in [0.717, 1.165) is 0 Å². The molecule has 0 spiro atoms. The Morgan fingerprint density at radius 3 is 2.71 bits per heavy atom. The van der Waals surface area contributed by atoms with Gasteiger partial charge in [0.15, 0.2) is 0 Å². The maximum Gasteiger partial charge on any atom is 0.343 e. The normalized spacial score (nSPS) is 16.8. The molecule has 0 saturated heterocycles. The Bertz CT molecular complexity index is 924. The molecular weight excluding hydrogens is 368 g/mol. The molecule has 1 heterocycles. The fourth-order valence-electron chi connectivity index (χ4n) is 2.69. The van der Waals surface area contributed by atoms with Gasteiger partial charge in [-0.25, -0.2) is 9.79 Å². The first-order valence-electron chi connectivity index (χ1n) is 8.47. The number of hydrogen-bond acceptors (Lipinski definition) is 8. The van der Waals surface area contributed by atoms with E-state index in [1.807, 2.05) is 0 Å². The molecule has 9 nitrogen and oxygen atoms in total. The van der Waals surface area contributed by atoms with E-state index >= 15 is 0 Å². The summed E-state index contributed by atoms with van der Waals surface area (Å²) in [6.45, 7) is 1.45. The molecule has 0 aliphatic carbocycles. The highest BCUT2D eigenvalue weighted by atomic mass is 16.6. The fraction of sp³-hybridized carbons (Fsp3) is 0.263. The van der Waals surface area contributed by atoms with Crippen molar-refractivity contribution in [3.8, 4) is 5.75 Å². The molecular formula is C19H18N2O7. The molecule has 2 aromatic rings. The van der Waals surface area contributed by atoms with Crippen LogP contribution in [-0.2, 0) is 4.74 Å². The molecule has 2 N–H and O–H groups in total. The third-order valence-corrected chi connectivity index (χ3v) is 4.34. The van der Waals surface area contributed by atoms with Crippen molar-refractivity contribution >= 4 is 17.6 Å². The van der Waals surface area contributed by atoms with Gasteiger partial charge in [-0.2, -0.15) is 0 Å². The largest absolute Gasteiger partial charge is 0.475 e. The quantitative estimate of drug-likeness (QED) is 0.334. The zero-order valence-electron chi connectivity index (χ0n) is 14.9. The van der Waals surface area contributed by atoms with Crippen LogP contribution in [0.5, 0.6) is 5.75 Å². The van der Waals surface area contributed by atoms with Crippen molar-refractivity contribution in [1.29, 1.82) is 0 Å². The summed E-state index contributed by atoms with van der Waals surface area (Å²) < 4.78 is 10.9. The van der Waals surface area contributed by atoms with E-state index in [9.17, 15) is 20.0 Å². The van der Waals surface area contributed by atoms with Gasteiger partial charge in [0.1, 0.15) is 24.5 Å². The van der Waals surface area contributed by atoms with Crippen LogP contribution in [0, 0.1) is 17.0 Å². The van der Waals surface area contributed by atoms with E-state index in [4.69, 9.17) is 14.6 Å². The van der Waals surface area contributed by atoms with Gasteiger partial charge in [0.2, 0.25) is 5.90 Å². The first-order chi connectivity index (χ1) is 13.4. The number of ether oxygens (including phenoxy) is 2. The summed E-state index contributed by atoms with van der Waals surface area (Å²) in [4.78, 5) is 26.8. The number of carbonyl (C=O) groups excluding carboxylic acids is 1. The van der Waals surface area contributed by atoms with Gasteiger partial charge >= 0.3 is 5.97 Å². The van der Waals surface area contributed by atoms with Crippen LogP contribution < -0.4 is 4.74 Å². The number of aliphatic imine (C=N–C) groups is 1. The van der Waals surface area contributed by atoms with Gasteiger partial charge in [-0.1, -0.05) is 6.07 Å². The van der Waals surface area contributed by atoms with Crippen molar-refractivity contribution < 1.29 is 29.4 Å². The number of aliphatic hydroxyl groups excluding tert-OH is 2. The molecule has 0 fully saturated rings. The lowest BCUT2D eigenvalue weighted by molar-refractivity contribution is -0.384. The molecule has 2 atom stereocenters. The third-order valence-electron chi connectivity index (χ3n) is 4.34. The van der Waals surface area contributed by atoms with Crippen LogP contribution >= 0.6 is 0 Å². The predicted molar refractivity (Wildman–Crippen MR) is 98.6 cm³/mol. The molecule has 1 aliphatic heterocycles. The molecule has 2 aromatic carbocycles. The number of nitro groups is 1. The molecule has 0 radical (unpaired) electrons. The number of hydrogen-bond donors (Lipinski definition) is 2. The highest BCUT2D eigenvalue weighted by molar-refractivity contribution is 5.98. The summed E-state index contributed by atoms with van der Waals surface area (Å²) in [5, 5.41) is 29.4. The monoisotopic (exact) mass is 386 g/mol. The van der Waals surface area contributed by atoms with Crippen molar-refractivity contribution in [1.82, 2.24) is 0 Å². The van der Waals surface area contributed by atoms with Crippen molar-refractivity contribution in [2.24, 2.45) is 4.99 Å². The van der Waals surface area contributed by atoms with Crippen LogP contribution in [0.1, 0.15) is 21.5 Å². The number of benzene rings is 2. The van der Waals surface area contributed by atoms with Crippen LogP contribution in [0.4, 0.5) is 5.69 Å². The number of carbonyl (C=O) groups is 1. The second kappa shape index (κ2) is 8.15. The van der Waals surface area contributed by atoms with Gasteiger partial charge in [-0.05, 0) is 31.2 Å². The first kappa shape index (κ1) is 19.5. The minimum atomic E-state index is -1.01. The molecule has 0 aromatic heterocycles. The smallest absolute Gasteiger partial charge is 0.343 e. The summed E-state index contributed by atoms with van der Waals surface area (Å²) in [6, 6.07) is 9.56. The van der Waals surface area contributed by atoms with Crippen molar-refractivity contribution in [2.75, 3.05) is 13.2 Å². The Morgan fingerprint density at radius 2 is 2.07 bits per heavy atom. The van der Waals surface area contributed by atoms with Crippen LogP contribution in [0.25, 0.3) is 0 Å². The van der Waals surface area contributed by atoms with Gasteiger partial charge in [0, 0.05) is 23.3 Å². The summed E-state index contributed by atoms with van der Waals surface area (Å²) in [7, 11) is 0. The minimum Gasteiger partial charge on any atom is -0.475 e. The Morgan fingerprint density at radius 1 is 1.36 bits per heavy atom. The number of esters is 1. The molecule has 28 heavy (non-hydrogen) atoms. The molecule has 9 heteroatoms. The van der Waals surface area contributed by atoms with Gasteiger partial charge in [0.25, 0.3) is 5.69 Å². The molecule has 146 valence electrons. The van der Waals surface area contributed by atoms with E-state index in [0.29, 0.717) is 22.8 Å². The Labute approximate surface area is 160 Å². The van der Waals surface area contributed by atoms with E-state index in [-0.39, 0.29) is 17.9 Å². The highest BCUT2D eigenvalue weighted by Crippen LogP contribution is 2.26. The van der Waals surface area contributed by atoms with Gasteiger partial charge in [0.05, 0.1) is 17.1 Å². The van der Waals surface area contributed by atoms with Gasteiger partial charge in [-0.3, -0.25) is 10.1 Å². The molecule has 3 rings (SSSR count). The van der Waals surface area contributed by atoms with Crippen LogP contribution in [0.2, 0.25) is 0 Å². The maximum absolute atomic E-state index is 12.3. The zero-order chi connectivity index (χ0) is 20.3.